The van der Waals surface area contributed by atoms with Crippen LogP contribution in [-0.2, 0) is 9.53 Å². The third kappa shape index (κ3) is 3.58. The predicted molar refractivity (Wildman–Crippen MR) is 109 cm³/mol. The molecule has 0 unspecified atom stereocenters. The fourth-order valence-electron chi connectivity index (χ4n) is 3.98. The van der Waals surface area contributed by atoms with E-state index in [9.17, 15) is 9.59 Å². The third-order valence-electron chi connectivity index (χ3n) is 5.32. The number of hydrogen-bond acceptors (Lipinski definition) is 5. The van der Waals surface area contributed by atoms with Crippen LogP contribution in [0.3, 0.4) is 0 Å². The Labute approximate surface area is 167 Å². The van der Waals surface area contributed by atoms with Gasteiger partial charge in [-0.15, -0.1) is 11.8 Å². The molecule has 0 bridgehead atoms. The number of methoxy groups -OCH3 is 1. The smallest absolute Gasteiger partial charge is 0.270 e. The maximum atomic E-state index is 13.0. The number of H-pyrrole nitrogens is 1. The Balaban J connectivity index is 1.77. The molecule has 1 saturated heterocycles. The molecular formula is C20H25N3O4S. The minimum atomic E-state index is -0.268. The molecule has 2 aliphatic heterocycles. The van der Waals surface area contributed by atoms with Gasteiger partial charge in [-0.2, -0.15) is 0 Å². The summed E-state index contributed by atoms with van der Waals surface area (Å²) in [6.07, 6.45) is 1.55. The number of benzene rings is 1. The van der Waals surface area contributed by atoms with Gasteiger partial charge in [0, 0.05) is 6.61 Å². The molecule has 4 rings (SSSR count). The first-order chi connectivity index (χ1) is 13.4. The summed E-state index contributed by atoms with van der Waals surface area (Å²) in [5.41, 5.74) is 1.15. The highest BCUT2D eigenvalue weighted by molar-refractivity contribution is 8.00. The highest BCUT2D eigenvalue weighted by Gasteiger charge is 2.35. The number of anilines is 1. The number of rotatable bonds is 3. The molecule has 1 aromatic heterocycles. The molecule has 2 aromatic rings. The SMILES string of the molecule is COc1ccc([C@H]2SCC(=O)Nc3c2c(=O)[nH]n3[C@@H]2CCOC(C)(C)C2)cc1. The van der Waals surface area contributed by atoms with Crippen molar-refractivity contribution in [2.24, 2.45) is 0 Å². The van der Waals surface area contributed by atoms with Crippen molar-refractivity contribution in [3.63, 3.8) is 0 Å². The van der Waals surface area contributed by atoms with Crippen molar-refractivity contribution in [1.82, 2.24) is 9.78 Å². The van der Waals surface area contributed by atoms with E-state index in [1.807, 2.05) is 42.8 Å². The number of nitrogens with zero attached hydrogens (tertiary/aromatic N) is 1. The number of fused-ring (bicyclic) bond motifs is 1. The predicted octanol–water partition coefficient (Wildman–Crippen LogP) is 3.09. The van der Waals surface area contributed by atoms with Crippen LogP contribution in [0.2, 0.25) is 0 Å². The molecule has 0 aliphatic carbocycles. The van der Waals surface area contributed by atoms with Gasteiger partial charge < -0.3 is 14.8 Å². The molecule has 2 N–H and O–H groups in total. The maximum Gasteiger partial charge on any atom is 0.270 e. The van der Waals surface area contributed by atoms with Crippen LogP contribution in [-0.4, -0.2) is 40.8 Å². The van der Waals surface area contributed by atoms with Crippen molar-refractivity contribution in [2.45, 2.75) is 43.6 Å². The number of ether oxygens (including phenoxy) is 2. The molecular weight excluding hydrogens is 378 g/mol. The molecule has 0 saturated carbocycles. The van der Waals surface area contributed by atoms with Gasteiger partial charge in [0.15, 0.2) is 0 Å². The standard InChI is InChI=1S/C20H25N3O4S/c1-20(2)10-13(8-9-27-20)23-18-16(19(25)22-23)17(28-11-15(24)21-18)12-4-6-14(26-3)7-5-12/h4-7,13,17H,8-11H2,1-3H3,(H,21,24)(H,22,25)/t13-,17-/m1/s1. The van der Waals surface area contributed by atoms with E-state index in [-0.39, 0.29) is 28.4 Å². The zero-order chi connectivity index (χ0) is 19.9. The minimum absolute atomic E-state index is 0.0696. The molecule has 0 radical (unpaired) electrons. The number of aromatic nitrogens is 2. The number of carbonyl (C=O) groups is 1. The summed E-state index contributed by atoms with van der Waals surface area (Å²) in [6.45, 7) is 4.72. The second-order valence-electron chi connectivity index (χ2n) is 7.84. The van der Waals surface area contributed by atoms with Crippen LogP contribution in [0.4, 0.5) is 5.82 Å². The Morgan fingerprint density at radius 3 is 2.68 bits per heavy atom. The van der Waals surface area contributed by atoms with Gasteiger partial charge in [-0.3, -0.25) is 19.4 Å². The van der Waals surface area contributed by atoms with Gasteiger partial charge in [0.25, 0.3) is 5.56 Å². The second kappa shape index (κ2) is 7.33. The Bertz CT molecular complexity index is 932. The lowest BCUT2D eigenvalue weighted by molar-refractivity contribution is -0.113. The van der Waals surface area contributed by atoms with Crippen LogP contribution in [0.25, 0.3) is 0 Å². The van der Waals surface area contributed by atoms with Gasteiger partial charge in [-0.1, -0.05) is 12.1 Å². The third-order valence-corrected chi connectivity index (χ3v) is 6.59. The lowest BCUT2D eigenvalue weighted by atomic mass is 9.94. The fraction of sp³-hybridized carbons (Fsp3) is 0.500. The van der Waals surface area contributed by atoms with Crippen LogP contribution in [0.15, 0.2) is 29.1 Å². The topological polar surface area (TPSA) is 85.4 Å². The monoisotopic (exact) mass is 403 g/mol. The molecule has 0 spiro atoms. The quantitative estimate of drug-likeness (QED) is 0.823. The van der Waals surface area contributed by atoms with Crippen molar-refractivity contribution < 1.29 is 14.3 Å². The summed E-state index contributed by atoms with van der Waals surface area (Å²) in [6, 6.07) is 7.72. The summed E-state index contributed by atoms with van der Waals surface area (Å²) in [5.74, 6) is 1.54. The van der Waals surface area contributed by atoms with Gasteiger partial charge in [0.2, 0.25) is 5.91 Å². The molecule has 1 amide bonds. The number of nitrogens with one attached hydrogen (secondary N) is 2. The average Bonchev–Trinajstić information content (AvgIpc) is 2.87. The van der Waals surface area contributed by atoms with Crippen LogP contribution >= 0.6 is 11.8 Å². The Kier molecular flexibility index (Phi) is 5.01. The summed E-state index contributed by atoms with van der Waals surface area (Å²) in [5, 5.41) is 5.73. The zero-order valence-electron chi connectivity index (χ0n) is 16.3. The number of carbonyl (C=O) groups excluding carboxylic acids is 1. The molecule has 150 valence electrons. The van der Waals surface area contributed by atoms with Crippen LogP contribution < -0.4 is 15.6 Å². The van der Waals surface area contributed by atoms with E-state index < -0.39 is 0 Å². The Morgan fingerprint density at radius 2 is 2.00 bits per heavy atom. The summed E-state index contributed by atoms with van der Waals surface area (Å²) >= 11 is 1.46. The van der Waals surface area contributed by atoms with Crippen molar-refractivity contribution >= 4 is 23.5 Å². The lowest BCUT2D eigenvalue weighted by Crippen LogP contribution is -2.36. The average molecular weight is 404 g/mol. The van der Waals surface area contributed by atoms with Crippen molar-refractivity contribution in [2.75, 3.05) is 24.8 Å². The molecule has 7 nitrogen and oxygen atoms in total. The van der Waals surface area contributed by atoms with Crippen molar-refractivity contribution in [1.29, 1.82) is 0 Å². The molecule has 1 fully saturated rings. The molecule has 2 aliphatic rings. The Morgan fingerprint density at radius 1 is 1.25 bits per heavy atom. The lowest BCUT2D eigenvalue weighted by Gasteiger charge is -2.36. The van der Waals surface area contributed by atoms with E-state index in [1.165, 1.54) is 11.8 Å². The molecule has 8 heteroatoms. The van der Waals surface area contributed by atoms with E-state index in [0.717, 1.165) is 24.2 Å². The number of thioether (sulfide) groups is 1. The van der Waals surface area contributed by atoms with Gasteiger partial charge in [0.1, 0.15) is 11.6 Å². The van der Waals surface area contributed by atoms with Gasteiger partial charge in [-0.25, -0.2) is 0 Å². The van der Waals surface area contributed by atoms with Crippen LogP contribution in [0.1, 0.15) is 49.1 Å². The molecule has 1 aromatic carbocycles. The molecule has 28 heavy (non-hydrogen) atoms. The maximum absolute atomic E-state index is 13.0. The van der Waals surface area contributed by atoms with Crippen LogP contribution in [0, 0.1) is 0 Å². The van der Waals surface area contributed by atoms with E-state index in [2.05, 4.69) is 10.4 Å². The van der Waals surface area contributed by atoms with Crippen molar-refractivity contribution in [3.05, 3.63) is 45.7 Å². The highest BCUT2D eigenvalue weighted by atomic mass is 32.2. The van der Waals surface area contributed by atoms with E-state index in [4.69, 9.17) is 9.47 Å². The first-order valence-corrected chi connectivity index (χ1v) is 10.5. The number of hydrogen-bond donors (Lipinski definition) is 2. The first kappa shape index (κ1) is 19.1. The Hall–Kier alpha value is -2.19. The summed E-state index contributed by atoms with van der Waals surface area (Å²) < 4.78 is 12.9. The summed E-state index contributed by atoms with van der Waals surface area (Å²) in [4.78, 5) is 25.3. The zero-order valence-corrected chi connectivity index (χ0v) is 17.1. The molecule has 2 atom stereocenters. The summed E-state index contributed by atoms with van der Waals surface area (Å²) in [7, 11) is 1.62. The van der Waals surface area contributed by atoms with Crippen molar-refractivity contribution in [3.8, 4) is 5.75 Å². The van der Waals surface area contributed by atoms with E-state index in [1.54, 1.807) is 7.11 Å². The minimum Gasteiger partial charge on any atom is -0.497 e. The van der Waals surface area contributed by atoms with E-state index >= 15 is 0 Å². The number of aromatic amines is 1. The van der Waals surface area contributed by atoms with Gasteiger partial charge >= 0.3 is 0 Å². The second-order valence-corrected chi connectivity index (χ2v) is 8.93. The normalized spacial score (nSPS) is 24.2. The highest BCUT2D eigenvalue weighted by Crippen LogP contribution is 2.42. The van der Waals surface area contributed by atoms with Gasteiger partial charge in [0.05, 0.1) is 35.3 Å². The first-order valence-electron chi connectivity index (χ1n) is 9.42. The number of amides is 1. The van der Waals surface area contributed by atoms with Gasteiger partial charge in [-0.05, 0) is 44.4 Å². The molecule has 3 heterocycles. The fourth-order valence-corrected chi connectivity index (χ4v) is 5.10. The van der Waals surface area contributed by atoms with E-state index in [0.29, 0.717) is 23.7 Å². The van der Waals surface area contributed by atoms with Crippen LogP contribution in [0.5, 0.6) is 5.75 Å². The largest absolute Gasteiger partial charge is 0.497 e.